The Kier molecular flexibility index (Phi) is 9.66. The highest BCUT2D eigenvalue weighted by molar-refractivity contribution is 6.10. The lowest BCUT2D eigenvalue weighted by molar-refractivity contribution is -0.128. The van der Waals surface area contributed by atoms with Gasteiger partial charge in [0.2, 0.25) is 5.91 Å². The summed E-state index contributed by atoms with van der Waals surface area (Å²) in [5.74, 6) is 2.69. The Morgan fingerprint density at radius 2 is 1.96 bits per heavy atom. The molecule has 7 nitrogen and oxygen atoms in total. The quantitative estimate of drug-likeness (QED) is 0.142. The van der Waals surface area contributed by atoms with E-state index in [0.29, 0.717) is 41.8 Å². The fourth-order valence-corrected chi connectivity index (χ4v) is 6.09. The molecule has 1 aliphatic carbocycles. The molecule has 45 heavy (non-hydrogen) atoms. The number of carbonyl (C=O) groups excluding carboxylic acids is 1. The first kappa shape index (κ1) is 31.9. The Morgan fingerprint density at radius 3 is 2.62 bits per heavy atom. The van der Waals surface area contributed by atoms with Gasteiger partial charge >= 0.3 is 0 Å². The van der Waals surface area contributed by atoms with Crippen molar-refractivity contribution in [2.24, 2.45) is 17.3 Å². The van der Waals surface area contributed by atoms with Crippen LogP contribution in [0.15, 0.2) is 85.0 Å². The van der Waals surface area contributed by atoms with Crippen LogP contribution >= 0.6 is 0 Å². The van der Waals surface area contributed by atoms with E-state index in [1.165, 1.54) is 5.57 Å². The molecule has 3 N–H and O–H groups in total. The number of hydrogen-bond acceptors (Lipinski definition) is 6. The summed E-state index contributed by atoms with van der Waals surface area (Å²) in [4.78, 5) is 19.5. The normalized spacial score (nSPS) is 20.1. The number of anilines is 1. The van der Waals surface area contributed by atoms with Crippen molar-refractivity contribution in [1.82, 2.24) is 9.88 Å². The second kappa shape index (κ2) is 13.6. The molecular weight excluding hydrogens is 558 g/mol. The highest BCUT2D eigenvalue weighted by atomic mass is 16.5. The molecule has 2 heterocycles. The highest BCUT2D eigenvalue weighted by Gasteiger charge is 2.28. The third kappa shape index (κ3) is 7.77. The molecule has 234 valence electrons. The number of hydrogen-bond donors (Lipinski definition) is 3. The summed E-state index contributed by atoms with van der Waals surface area (Å²) < 4.78 is 6.45. The Morgan fingerprint density at radius 1 is 1.18 bits per heavy atom. The molecule has 7 heteroatoms. The third-order valence-electron chi connectivity index (χ3n) is 8.84. The molecular formula is C38H45N5O2. The van der Waals surface area contributed by atoms with E-state index in [1.54, 1.807) is 12.2 Å². The van der Waals surface area contributed by atoms with Gasteiger partial charge in [-0.05, 0) is 98.2 Å². The fourth-order valence-electron chi connectivity index (χ4n) is 6.09. The number of pyridine rings is 1. The van der Waals surface area contributed by atoms with Gasteiger partial charge in [-0.15, -0.1) is 6.58 Å². The van der Waals surface area contributed by atoms with Crippen molar-refractivity contribution in [3.63, 3.8) is 0 Å². The number of likely N-dealkylation sites (tertiary alicyclic amines) is 1. The van der Waals surface area contributed by atoms with Crippen LogP contribution in [0, 0.1) is 28.1 Å². The first-order chi connectivity index (χ1) is 21.5. The van der Waals surface area contributed by atoms with Crippen LogP contribution in [0.5, 0.6) is 11.5 Å². The number of amides is 1. The lowest BCUT2D eigenvalue weighted by Gasteiger charge is -2.32. The molecule has 2 aromatic carbocycles. The molecule has 1 amide bonds. The Hall–Kier alpha value is -4.52. The summed E-state index contributed by atoms with van der Waals surface area (Å²) in [6.07, 6.45) is 11.7. The number of rotatable bonds is 12. The van der Waals surface area contributed by atoms with Crippen LogP contribution in [0.1, 0.15) is 64.5 Å². The van der Waals surface area contributed by atoms with Crippen LogP contribution in [-0.4, -0.2) is 40.3 Å². The molecule has 0 unspecified atom stereocenters. The van der Waals surface area contributed by atoms with Gasteiger partial charge in [0, 0.05) is 54.2 Å². The predicted octanol–water partition coefficient (Wildman–Crippen LogP) is 8.71. The fraction of sp³-hybridized carbons (Fsp3) is 0.368. The number of fused-ring (bicyclic) bond motifs is 1. The smallest absolute Gasteiger partial charge is 0.223 e. The average molecular weight is 604 g/mol. The summed E-state index contributed by atoms with van der Waals surface area (Å²) in [7, 11) is 0. The summed E-state index contributed by atoms with van der Waals surface area (Å²) in [5.41, 5.74) is 4.62. The van der Waals surface area contributed by atoms with Crippen LogP contribution in [0.25, 0.3) is 10.9 Å². The monoisotopic (exact) mass is 603 g/mol. The number of nitrogens with one attached hydrogen (secondary N) is 3. The molecule has 1 fully saturated rings. The molecule has 1 saturated heterocycles. The summed E-state index contributed by atoms with van der Waals surface area (Å²) in [6.45, 7) is 14.3. The van der Waals surface area contributed by atoms with E-state index in [0.717, 1.165) is 60.2 Å². The molecule has 1 aliphatic heterocycles. The summed E-state index contributed by atoms with van der Waals surface area (Å²) >= 11 is 0. The standard InChI is InChI=1S/C38H45N5O2/c1-6-38(17-7-8-26(4)21-38)24-41-36-16-11-29-19-30(23-43-22-27(5)18-37(43)44)35(20-34(29)42-36)45-31-12-9-28(10-13-31)33(40)15-14-32(39)25(2)3/h6,9-16,19-21,25,27,39-40H,1,7-8,17-18,22-24H2,2-5H3,(H,41,42)/b15-14-,39-32?,40-33?/t27-,38+/m0/s1. The van der Waals surface area contributed by atoms with Crippen molar-refractivity contribution in [3.05, 3.63) is 96.1 Å². The van der Waals surface area contributed by atoms with Gasteiger partial charge < -0.3 is 25.8 Å². The second-order valence-electron chi connectivity index (χ2n) is 13.1. The molecule has 5 rings (SSSR count). The van der Waals surface area contributed by atoms with Gasteiger partial charge in [-0.3, -0.25) is 4.79 Å². The van der Waals surface area contributed by atoms with E-state index in [4.69, 9.17) is 20.5 Å². The molecule has 3 aromatic rings. The minimum Gasteiger partial charge on any atom is -0.457 e. The van der Waals surface area contributed by atoms with E-state index in [-0.39, 0.29) is 17.2 Å². The average Bonchev–Trinajstić information content (AvgIpc) is 3.34. The van der Waals surface area contributed by atoms with Gasteiger partial charge in [0.1, 0.15) is 17.3 Å². The van der Waals surface area contributed by atoms with E-state index >= 15 is 0 Å². The van der Waals surface area contributed by atoms with Crippen LogP contribution < -0.4 is 10.1 Å². The van der Waals surface area contributed by atoms with Crippen molar-refractivity contribution < 1.29 is 9.53 Å². The summed E-state index contributed by atoms with van der Waals surface area (Å²) in [5, 5.41) is 21.0. The van der Waals surface area contributed by atoms with Crippen LogP contribution in [0.4, 0.5) is 5.82 Å². The first-order valence-electron chi connectivity index (χ1n) is 15.9. The Balaban J connectivity index is 1.40. The maximum Gasteiger partial charge on any atom is 0.223 e. The topological polar surface area (TPSA) is 102 Å². The van der Waals surface area contributed by atoms with Crippen LogP contribution in [-0.2, 0) is 11.3 Å². The number of ether oxygens (including phenoxy) is 1. The Bertz CT molecular complexity index is 1670. The zero-order valence-electron chi connectivity index (χ0n) is 27.0. The molecule has 2 aliphatic rings. The van der Waals surface area contributed by atoms with Gasteiger partial charge in [0.15, 0.2) is 0 Å². The minimum atomic E-state index is -0.0784. The zero-order chi connectivity index (χ0) is 32.1. The number of allylic oxidation sites excluding steroid dienone is 3. The van der Waals surface area contributed by atoms with Crippen molar-refractivity contribution in [1.29, 1.82) is 10.8 Å². The number of benzene rings is 2. The maximum absolute atomic E-state index is 12.7. The first-order valence-corrected chi connectivity index (χ1v) is 15.9. The van der Waals surface area contributed by atoms with Crippen molar-refractivity contribution in [3.8, 4) is 11.5 Å². The van der Waals surface area contributed by atoms with Gasteiger partial charge in [-0.2, -0.15) is 0 Å². The van der Waals surface area contributed by atoms with Gasteiger partial charge in [0.25, 0.3) is 0 Å². The van der Waals surface area contributed by atoms with E-state index in [1.807, 2.05) is 55.1 Å². The lowest BCUT2D eigenvalue weighted by atomic mass is 9.76. The second-order valence-corrected chi connectivity index (χ2v) is 13.1. The molecule has 2 atom stereocenters. The van der Waals surface area contributed by atoms with Gasteiger partial charge in [-0.1, -0.05) is 38.5 Å². The highest BCUT2D eigenvalue weighted by Crippen LogP contribution is 2.36. The van der Waals surface area contributed by atoms with Crippen molar-refractivity contribution in [2.75, 3.05) is 18.4 Å². The van der Waals surface area contributed by atoms with E-state index in [2.05, 4.69) is 50.0 Å². The Labute approximate surface area is 267 Å². The van der Waals surface area contributed by atoms with Crippen molar-refractivity contribution >= 4 is 34.1 Å². The molecule has 0 spiro atoms. The van der Waals surface area contributed by atoms with Gasteiger partial charge in [-0.25, -0.2) is 4.98 Å². The predicted molar refractivity (Wildman–Crippen MR) is 185 cm³/mol. The minimum absolute atomic E-state index is 0.0784. The molecule has 1 aromatic heterocycles. The lowest BCUT2D eigenvalue weighted by Crippen LogP contribution is -2.28. The third-order valence-corrected chi connectivity index (χ3v) is 8.84. The zero-order valence-corrected chi connectivity index (χ0v) is 27.0. The number of carbonyl (C=O) groups is 1. The molecule has 0 bridgehead atoms. The van der Waals surface area contributed by atoms with Crippen molar-refractivity contribution in [2.45, 2.75) is 59.9 Å². The van der Waals surface area contributed by atoms with E-state index < -0.39 is 0 Å². The summed E-state index contributed by atoms with van der Waals surface area (Å²) in [6, 6.07) is 15.5. The largest absolute Gasteiger partial charge is 0.457 e. The van der Waals surface area contributed by atoms with Crippen LogP contribution in [0.3, 0.4) is 0 Å². The number of aromatic nitrogens is 1. The maximum atomic E-state index is 12.7. The van der Waals surface area contributed by atoms with Gasteiger partial charge in [0.05, 0.1) is 11.2 Å². The van der Waals surface area contributed by atoms with Crippen LogP contribution in [0.2, 0.25) is 0 Å². The molecule has 0 radical (unpaired) electrons. The SMILES string of the molecule is C=C[C@]1(CNc2ccc3cc(CN4C[C@@H](C)CC4=O)c(Oc4ccc(C(=N)/C=C\C(=N)C(C)C)cc4)cc3n2)C=C(C)CCC1. The van der Waals surface area contributed by atoms with E-state index in [9.17, 15) is 4.79 Å². The number of nitrogens with zero attached hydrogens (tertiary/aromatic N) is 2. The molecule has 0 saturated carbocycles.